The van der Waals surface area contributed by atoms with Gasteiger partial charge in [0.2, 0.25) is 0 Å². The lowest BCUT2D eigenvalue weighted by atomic mass is 9.68. The van der Waals surface area contributed by atoms with Gasteiger partial charge in [0.25, 0.3) is 0 Å². The standard InChI is InChI=1S/C18H26N2O3/c1-20(2)17(22)19-16-15-10-13(21)5-4-12(15)11-18(16)8-6-14(23-3)7-9-18/h4-5,10,14,16,21H,6-9,11H2,1-3H3,(H,19,22). The number of nitrogens with zero attached hydrogens (tertiary/aromatic N) is 1. The van der Waals surface area contributed by atoms with Crippen molar-refractivity contribution in [3.05, 3.63) is 29.3 Å². The van der Waals surface area contributed by atoms with Gasteiger partial charge in [0.1, 0.15) is 5.75 Å². The van der Waals surface area contributed by atoms with E-state index in [4.69, 9.17) is 4.74 Å². The summed E-state index contributed by atoms with van der Waals surface area (Å²) in [6, 6.07) is 5.42. The molecule has 1 fully saturated rings. The van der Waals surface area contributed by atoms with Crippen LogP contribution >= 0.6 is 0 Å². The van der Waals surface area contributed by atoms with Gasteiger partial charge in [-0.2, -0.15) is 0 Å². The minimum atomic E-state index is -0.0839. The number of ether oxygens (including phenoxy) is 1. The zero-order valence-electron chi connectivity index (χ0n) is 14.1. The molecule has 1 saturated carbocycles. The Kier molecular flexibility index (Phi) is 4.23. The molecule has 2 aliphatic carbocycles. The molecule has 0 bridgehead atoms. The van der Waals surface area contributed by atoms with Crippen molar-refractivity contribution in [2.75, 3.05) is 21.2 Å². The first-order valence-electron chi connectivity index (χ1n) is 8.27. The predicted molar refractivity (Wildman–Crippen MR) is 88.5 cm³/mol. The summed E-state index contributed by atoms with van der Waals surface area (Å²) in [5.74, 6) is 0.260. The summed E-state index contributed by atoms with van der Waals surface area (Å²) in [7, 11) is 5.28. The quantitative estimate of drug-likeness (QED) is 0.881. The number of benzene rings is 1. The highest BCUT2D eigenvalue weighted by atomic mass is 16.5. The van der Waals surface area contributed by atoms with Gasteiger partial charge in [-0.25, -0.2) is 4.79 Å². The number of carbonyl (C=O) groups excluding carboxylic acids is 1. The molecule has 5 heteroatoms. The van der Waals surface area contributed by atoms with E-state index in [2.05, 4.69) is 5.32 Å². The molecule has 2 aliphatic rings. The second-order valence-corrected chi connectivity index (χ2v) is 7.13. The van der Waals surface area contributed by atoms with Gasteiger partial charge in [0, 0.05) is 21.2 Å². The van der Waals surface area contributed by atoms with Crippen molar-refractivity contribution in [3.63, 3.8) is 0 Å². The second-order valence-electron chi connectivity index (χ2n) is 7.13. The minimum Gasteiger partial charge on any atom is -0.508 e. The molecule has 1 aromatic rings. The molecule has 0 aliphatic heterocycles. The molecule has 0 aromatic heterocycles. The van der Waals surface area contributed by atoms with Crippen LogP contribution in [0.4, 0.5) is 4.79 Å². The van der Waals surface area contributed by atoms with Crippen molar-refractivity contribution in [3.8, 4) is 5.75 Å². The van der Waals surface area contributed by atoms with Crippen LogP contribution in [-0.4, -0.2) is 43.3 Å². The number of phenolic OH excluding ortho intramolecular Hbond substituents is 1. The highest BCUT2D eigenvalue weighted by Crippen LogP contribution is 2.54. The van der Waals surface area contributed by atoms with Crippen molar-refractivity contribution in [2.24, 2.45) is 5.41 Å². The van der Waals surface area contributed by atoms with E-state index in [0.29, 0.717) is 6.10 Å². The largest absolute Gasteiger partial charge is 0.508 e. The van der Waals surface area contributed by atoms with E-state index in [1.807, 2.05) is 12.1 Å². The molecule has 3 rings (SSSR count). The lowest BCUT2D eigenvalue weighted by Gasteiger charge is -2.42. The van der Waals surface area contributed by atoms with Crippen molar-refractivity contribution < 1.29 is 14.6 Å². The fraction of sp³-hybridized carbons (Fsp3) is 0.611. The van der Waals surface area contributed by atoms with E-state index >= 15 is 0 Å². The molecule has 0 saturated heterocycles. The second kappa shape index (κ2) is 6.04. The zero-order chi connectivity index (χ0) is 16.6. The number of fused-ring (bicyclic) bond motifs is 1. The lowest BCUT2D eigenvalue weighted by molar-refractivity contribution is 0.0166. The van der Waals surface area contributed by atoms with Crippen molar-refractivity contribution in [1.82, 2.24) is 10.2 Å². The normalized spacial score (nSPS) is 29.3. The first-order chi connectivity index (χ1) is 10.9. The summed E-state index contributed by atoms with van der Waals surface area (Å²) in [6.07, 6.45) is 5.37. The number of nitrogens with one attached hydrogen (secondary N) is 1. The predicted octanol–water partition coefficient (Wildman–Crippen LogP) is 2.84. The van der Waals surface area contributed by atoms with Gasteiger partial charge in [-0.3, -0.25) is 0 Å². The Morgan fingerprint density at radius 1 is 1.35 bits per heavy atom. The van der Waals surface area contributed by atoms with E-state index in [9.17, 15) is 9.90 Å². The summed E-state index contributed by atoms with van der Waals surface area (Å²) in [5, 5.41) is 13.1. The molecule has 2 amide bonds. The Labute approximate surface area is 137 Å². The van der Waals surface area contributed by atoms with Crippen LogP contribution in [0.3, 0.4) is 0 Å². The highest BCUT2D eigenvalue weighted by Gasteiger charge is 2.48. The van der Waals surface area contributed by atoms with Crippen LogP contribution in [0, 0.1) is 5.41 Å². The Morgan fingerprint density at radius 2 is 2.04 bits per heavy atom. The van der Waals surface area contributed by atoms with Crippen molar-refractivity contribution >= 4 is 6.03 Å². The van der Waals surface area contributed by atoms with E-state index in [1.165, 1.54) is 5.56 Å². The number of phenols is 1. The zero-order valence-corrected chi connectivity index (χ0v) is 14.1. The average molecular weight is 318 g/mol. The lowest BCUT2D eigenvalue weighted by Crippen LogP contribution is -2.45. The maximum absolute atomic E-state index is 12.3. The molecule has 0 radical (unpaired) electrons. The van der Waals surface area contributed by atoms with Gasteiger partial charge in [-0.1, -0.05) is 6.07 Å². The number of hydrogen-bond donors (Lipinski definition) is 2. The van der Waals surface area contributed by atoms with Crippen LogP contribution in [0.5, 0.6) is 5.75 Å². The van der Waals surface area contributed by atoms with Crippen LogP contribution in [0.25, 0.3) is 0 Å². The van der Waals surface area contributed by atoms with Crippen molar-refractivity contribution in [2.45, 2.75) is 44.2 Å². The van der Waals surface area contributed by atoms with Gasteiger partial charge in [-0.05, 0) is 60.8 Å². The minimum absolute atomic E-state index is 0.0385. The summed E-state index contributed by atoms with van der Waals surface area (Å²) in [4.78, 5) is 13.8. The number of urea groups is 1. The van der Waals surface area contributed by atoms with E-state index < -0.39 is 0 Å². The molecular weight excluding hydrogens is 292 g/mol. The SMILES string of the molecule is COC1CCC2(CC1)Cc1ccc(O)cc1C2NC(=O)N(C)C. The molecule has 1 atom stereocenters. The maximum atomic E-state index is 12.3. The third-order valence-corrected chi connectivity index (χ3v) is 5.53. The Hall–Kier alpha value is -1.75. The van der Waals surface area contributed by atoms with E-state index in [-0.39, 0.29) is 23.2 Å². The number of methoxy groups -OCH3 is 1. The monoisotopic (exact) mass is 318 g/mol. The molecule has 1 unspecified atom stereocenters. The van der Waals surface area contributed by atoms with Crippen molar-refractivity contribution in [1.29, 1.82) is 0 Å². The highest BCUT2D eigenvalue weighted by molar-refractivity contribution is 5.74. The van der Waals surface area contributed by atoms with Gasteiger partial charge in [0.15, 0.2) is 0 Å². The molecule has 1 spiro atoms. The van der Waals surface area contributed by atoms with E-state index in [1.54, 1.807) is 32.2 Å². The topological polar surface area (TPSA) is 61.8 Å². The third kappa shape index (κ3) is 2.90. The first kappa shape index (κ1) is 16.1. The van der Waals surface area contributed by atoms with Crippen LogP contribution in [0.2, 0.25) is 0 Å². The Morgan fingerprint density at radius 3 is 2.65 bits per heavy atom. The summed E-state index contributed by atoms with van der Waals surface area (Å²) in [6.45, 7) is 0. The smallest absolute Gasteiger partial charge is 0.317 e. The van der Waals surface area contributed by atoms with Gasteiger partial charge in [0.05, 0.1) is 12.1 Å². The average Bonchev–Trinajstić information content (AvgIpc) is 2.81. The molecule has 23 heavy (non-hydrogen) atoms. The summed E-state index contributed by atoms with van der Waals surface area (Å²) >= 11 is 0. The van der Waals surface area contributed by atoms with Gasteiger partial charge < -0.3 is 20.1 Å². The Bertz CT molecular complexity index is 592. The summed E-state index contributed by atoms with van der Waals surface area (Å²) < 4.78 is 5.51. The van der Waals surface area contributed by atoms with Crippen LogP contribution in [-0.2, 0) is 11.2 Å². The number of aromatic hydroxyl groups is 1. The molecular formula is C18H26N2O3. The van der Waals surface area contributed by atoms with Crippen LogP contribution in [0.1, 0.15) is 42.9 Å². The number of carbonyl (C=O) groups is 1. The first-order valence-corrected chi connectivity index (χ1v) is 8.27. The van der Waals surface area contributed by atoms with Crippen LogP contribution in [0.15, 0.2) is 18.2 Å². The van der Waals surface area contributed by atoms with Crippen LogP contribution < -0.4 is 5.32 Å². The fourth-order valence-electron chi connectivity index (χ4n) is 4.17. The van der Waals surface area contributed by atoms with Gasteiger partial charge >= 0.3 is 6.03 Å². The van der Waals surface area contributed by atoms with E-state index in [0.717, 1.165) is 37.7 Å². The molecule has 2 N–H and O–H groups in total. The maximum Gasteiger partial charge on any atom is 0.317 e. The number of hydrogen-bond acceptors (Lipinski definition) is 3. The summed E-state index contributed by atoms with van der Waals surface area (Å²) in [5.41, 5.74) is 2.34. The molecule has 1 aromatic carbocycles. The fourth-order valence-corrected chi connectivity index (χ4v) is 4.17. The Balaban J connectivity index is 1.91. The molecule has 5 nitrogen and oxygen atoms in total. The van der Waals surface area contributed by atoms with Gasteiger partial charge in [-0.15, -0.1) is 0 Å². The third-order valence-electron chi connectivity index (χ3n) is 5.53. The number of amides is 2. The molecule has 126 valence electrons. The molecule has 0 heterocycles. The number of rotatable bonds is 2.